The van der Waals surface area contributed by atoms with Crippen LogP contribution in [-0.2, 0) is 5.41 Å². The highest BCUT2D eigenvalue weighted by molar-refractivity contribution is 6.08. The summed E-state index contributed by atoms with van der Waals surface area (Å²) in [5, 5.41) is 2.47. The van der Waals surface area contributed by atoms with Gasteiger partial charge in [-0.3, -0.25) is 0 Å². The van der Waals surface area contributed by atoms with Crippen molar-refractivity contribution < 1.29 is 0 Å². The average molecular weight is 551 g/mol. The fourth-order valence-corrected chi connectivity index (χ4v) is 6.70. The molecular weight excluding hydrogens is 520 g/mol. The van der Waals surface area contributed by atoms with Gasteiger partial charge < -0.3 is 0 Å². The maximum absolute atomic E-state index is 5.24. The van der Waals surface area contributed by atoms with Gasteiger partial charge in [0.05, 0.1) is 11.4 Å². The van der Waals surface area contributed by atoms with Crippen LogP contribution in [-0.4, -0.2) is 9.97 Å². The normalized spacial score (nSPS) is 13.1. The molecule has 0 saturated carbocycles. The van der Waals surface area contributed by atoms with Crippen LogP contribution in [0.15, 0.2) is 146 Å². The van der Waals surface area contributed by atoms with E-state index in [0.717, 1.165) is 33.9 Å². The molecule has 7 aromatic rings. The summed E-state index contributed by atoms with van der Waals surface area (Å²) in [6, 6.07) is 51.7. The topological polar surface area (TPSA) is 25.8 Å². The molecule has 0 saturated heterocycles. The van der Waals surface area contributed by atoms with E-state index in [1.54, 1.807) is 0 Å². The summed E-state index contributed by atoms with van der Waals surface area (Å²) in [6.07, 6.45) is 0. The Bertz CT molecular complexity index is 2140. The van der Waals surface area contributed by atoms with E-state index in [1.165, 1.54) is 44.2 Å². The number of nitrogens with zero attached hydrogens (tertiary/aromatic N) is 2. The summed E-state index contributed by atoms with van der Waals surface area (Å²) in [6.45, 7) is 4.68. The van der Waals surface area contributed by atoms with Crippen molar-refractivity contribution >= 4 is 10.8 Å². The molecule has 1 heterocycles. The van der Waals surface area contributed by atoms with Gasteiger partial charge in [-0.2, -0.15) is 0 Å². The minimum absolute atomic E-state index is 0.118. The van der Waals surface area contributed by atoms with Crippen LogP contribution in [0.1, 0.15) is 25.0 Å². The van der Waals surface area contributed by atoms with E-state index in [-0.39, 0.29) is 5.41 Å². The van der Waals surface area contributed by atoms with E-state index >= 15 is 0 Å². The molecule has 43 heavy (non-hydrogen) atoms. The SMILES string of the molecule is CC1(C)c2ccccc2-c2c1cc(-c1cc(-c3cccc(-c4ccccc4)c3)nc(-c3ccccc3)n1)c1ccccc21. The van der Waals surface area contributed by atoms with Gasteiger partial charge in [-0.15, -0.1) is 0 Å². The molecule has 0 atom stereocenters. The number of fused-ring (bicyclic) bond motifs is 5. The Hall–Kier alpha value is -5.34. The highest BCUT2D eigenvalue weighted by Crippen LogP contribution is 2.53. The maximum Gasteiger partial charge on any atom is 0.160 e. The highest BCUT2D eigenvalue weighted by Gasteiger charge is 2.37. The van der Waals surface area contributed by atoms with E-state index in [0.29, 0.717) is 0 Å². The predicted octanol–water partition coefficient (Wildman–Crippen LogP) is 10.6. The van der Waals surface area contributed by atoms with Crippen molar-refractivity contribution in [2.75, 3.05) is 0 Å². The Morgan fingerprint density at radius 2 is 1.02 bits per heavy atom. The molecule has 1 aliphatic rings. The third-order valence-electron chi connectivity index (χ3n) is 8.89. The van der Waals surface area contributed by atoms with Gasteiger partial charge in [0, 0.05) is 22.1 Å². The van der Waals surface area contributed by atoms with E-state index in [9.17, 15) is 0 Å². The summed E-state index contributed by atoms with van der Waals surface area (Å²) < 4.78 is 0. The van der Waals surface area contributed by atoms with Crippen molar-refractivity contribution in [3.8, 4) is 56.2 Å². The Labute approximate surface area is 252 Å². The lowest BCUT2D eigenvalue weighted by molar-refractivity contribution is 0.661. The highest BCUT2D eigenvalue weighted by atomic mass is 14.9. The lowest BCUT2D eigenvalue weighted by atomic mass is 9.81. The van der Waals surface area contributed by atoms with E-state index in [2.05, 4.69) is 141 Å². The van der Waals surface area contributed by atoms with E-state index in [1.807, 2.05) is 18.2 Å². The van der Waals surface area contributed by atoms with Crippen LogP contribution < -0.4 is 0 Å². The quantitative estimate of drug-likeness (QED) is 0.218. The molecule has 0 aliphatic heterocycles. The summed E-state index contributed by atoms with van der Waals surface area (Å²) in [7, 11) is 0. The molecule has 2 nitrogen and oxygen atoms in total. The first kappa shape index (κ1) is 25.4. The lowest BCUT2D eigenvalue weighted by Gasteiger charge is -2.23. The number of hydrogen-bond acceptors (Lipinski definition) is 2. The molecule has 0 N–H and O–H groups in total. The summed E-state index contributed by atoms with van der Waals surface area (Å²) in [5.74, 6) is 0.727. The van der Waals surface area contributed by atoms with Crippen LogP contribution in [0, 0.1) is 0 Å². The molecule has 0 unspecified atom stereocenters. The first-order valence-electron chi connectivity index (χ1n) is 14.8. The van der Waals surface area contributed by atoms with Crippen LogP contribution in [0.25, 0.3) is 66.9 Å². The van der Waals surface area contributed by atoms with Crippen LogP contribution in [0.3, 0.4) is 0 Å². The fraction of sp³-hybridized carbons (Fsp3) is 0.0732. The number of hydrogen-bond donors (Lipinski definition) is 0. The second-order valence-electron chi connectivity index (χ2n) is 11.8. The third kappa shape index (κ3) is 4.18. The van der Waals surface area contributed by atoms with Crippen molar-refractivity contribution in [1.29, 1.82) is 0 Å². The molecule has 6 aromatic carbocycles. The molecule has 2 heteroatoms. The Morgan fingerprint density at radius 3 is 1.81 bits per heavy atom. The van der Waals surface area contributed by atoms with Crippen LogP contribution in [0.5, 0.6) is 0 Å². The molecule has 1 aliphatic carbocycles. The first-order chi connectivity index (χ1) is 21.1. The molecule has 204 valence electrons. The predicted molar refractivity (Wildman–Crippen MR) is 179 cm³/mol. The first-order valence-corrected chi connectivity index (χ1v) is 14.8. The van der Waals surface area contributed by atoms with Crippen molar-refractivity contribution in [2.45, 2.75) is 19.3 Å². The third-order valence-corrected chi connectivity index (χ3v) is 8.89. The second-order valence-corrected chi connectivity index (χ2v) is 11.8. The van der Waals surface area contributed by atoms with Crippen LogP contribution in [0.4, 0.5) is 0 Å². The zero-order valence-corrected chi connectivity index (χ0v) is 24.3. The summed E-state index contributed by atoms with van der Waals surface area (Å²) >= 11 is 0. The van der Waals surface area contributed by atoms with Gasteiger partial charge in [-0.25, -0.2) is 9.97 Å². The van der Waals surface area contributed by atoms with Gasteiger partial charge in [0.1, 0.15) is 0 Å². The molecule has 8 rings (SSSR count). The minimum atomic E-state index is -0.118. The zero-order valence-electron chi connectivity index (χ0n) is 24.3. The molecule has 0 fully saturated rings. The standard InChI is InChI=1S/C41H30N2/c1-41(2)35-23-12-11-22-33(35)39-32-21-10-9-20-31(32)34(25-36(39)41)38-26-37(42-40(43-38)28-16-7-4-8-17-28)30-19-13-18-29(24-30)27-14-5-3-6-15-27/h3-26H,1-2H3. The Morgan fingerprint density at radius 1 is 0.419 bits per heavy atom. The molecule has 0 amide bonds. The van der Waals surface area contributed by atoms with Gasteiger partial charge in [-0.1, -0.05) is 141 Å². The number of rotatable bonds is 4. The summed E-state index contributed by atoms with van der Waals surface area (Å²) in [4.78, 5) is 10.4. The van der Waals surface area contributed by atoms with Gasteiger partial charge in [-0.05, 0) is 62.4 Å². The molecule has 1 aromatic heterocycles. The van der Waals surface area contributed by atoms with Gasteiger partial charge >= 0.3 is 0 Å². The lowest BCUT2D eigenvalue weighted by Crippen LogP contribution is -2.15. The molecule has 0 bridgehead atoms. The van der Waals surface area contributed by atoms with Crippen molar-refractivity contribution in [1.82, 2.24) is 9.97 Å². The smallest absolute Gasteiger partial charge is 0.160 e. The summed E-state index contributed by atoms with van der Waals surface area (Å²) in [5.41, 5.74) is 12.7. The average Bonchev–Trinajstić information content (AvgIpc) is 3.31. The molecule has 0 radical (unpaired) electrons. The van der Waals surface area contributed by atoms with Crippen LogP contribution >= 0.6 is 0 Å². The minimum Gasteiger partial charge on any atom is -0.228 e. The van der Waals surface area contributed by atoms with Gasteiger partial charge in [0.15, 0.2) is 5.82 Å². The van der Waals surface area contributed by atoms with Crippen molar-refractivity contribution in [3.63, 3.8) is 0 Å². The second kappa shape index (κ2) is 9.89. The Balaban J connectivity index is 1.39. The number of benzene rings is 6. The van der Waals surface area contributed by atoms with Crippen molar-refractivity contribution in [2.24, 2.45) is 0 Å². The van der Waals surface area contributed by atoms with E-state index in [4.69, 9.17) is 9.97 Å². The van der Waals surface area contributed by atoms with Gasteiger partial charge in [0.2, 0.25) is 0 Å². The number of aromatic nitrogens is 2. The van der Waals surface area contributed by atoms with Gasteiger partial charge in [0.25, 0.3) is 0 Å². The van der Waals surface area contributed by atoms with Crippen LogP contribution in [0.2, 0.25) is 0 Å². The van der Waals surface area contributed by atoms with Crippen molar-refractivity contribution in [3.05, 3.63) is 157 Å². The monoisotopic (exact) mass is 550 g/mol. The fourth-order valence-electron chi connectivity index (χ4n) is 6.70. The molecule has 0 spiro atoms. The Kier molecular flexibility index (Phi) is 5.84. The molecular formula is C41H30N2. The maximum atomic E-state index is 5.24. The van der Waals surface area contributed by atoms with E-state index < -0.39 is 0 Å². The zero-order chi connectivity index (χ0) is 29.0. The largest absolute Gasteiger partial charge is 0.228 e.